The number of nitrogens with zero attached hydrogens (tertiary/aromatic N) is 1. The first-order valence-electron chi connectivity index (χ1n) is 13.3. The lowest BCUT2D eigenvalue weighted by atomic mass is 9.90. The van der Waals surface area contributed by atoms with Crippen molar-refractivity contribution >= 4 is 42.6 Å². The minimum absolute atomic E-state index is 0.0688. The average Bonchev–Trinajstić information content (AvgIpc) is 3.23. The maximum Gasteiger partial charge on any atom is 0.393 e. The Hall–Kier alpha value is -3.08. The Morgan fingerprint density at radius 1 is 1.10 bits per heavy atom. The molecule has 2 N–H and O–H groups in total. The highest BCUT2D eigenvalue weighted by atomic mass is 32.2. The van der Waals surface area contributed by atoms with Gasteiger partial charge < -0.3 is 20.3 Å². The summed E-state index contributed by atoms with van der Waals surface area (Å²) in [5, 5.41) is 6.82. The van der Waals surface area contributed by atoms with E-state index in [0.29, 0.717) is 16.1 Å². The van der Waals surface area contributed by atoms with E-state index in [1.165, 1.54) is 23.5 Å². The van der Waals surface area contributed by atoms with Gasteiger partial charge in [0.05, 0.1) is 38.8 Å². The van der Waals surface area contributed by atoms with Crippen LogP contribution >= 0.6 is 11.3 Å². The number of fused-ring (bicyclic) bond motifs is 1. The summed E-state index contributed by atoms with van der Waals surface area (Å²) in [4.78, 5) is 2.29. The van der Waals surface area contributed by atoms with Crippen LogP contribution in [0.5, 0.6) is 5.75 Å². The van der Waals surface area contributed by atoms with Crippen LogP contribution in [0, 0.1) is 11.8 Å². The fourth-order valence-electron chi connectivity index (χ4n) is 5.05. The van der Waals surface area contributed by atoms with Crippen LogP contribution in [0.4, 0.5) is 33.3 Å². The first-order chi connectivity index (χ1) is 19.7. The summed E-state index contributed by atoms with van der Waals surface area (Å²) in [5.41, 5.74) is 0.939. The zero-order valence-corrected chi connectivity index (χ0v) is 25.0. The molecule has 0 radical (unpaired) electrons. The summed E-state index contributed by atoms with van der Waals surface area (Å²) < 4.78 is 95.4. The summed E-state index contributed by atoms with van der Waals surface area (Å²) in [6.45, 7) is -3.31. The lowest BCUT2D eigenvalue weighted by Gasteiger charge is -2.33. The Labute approximate surface area is 246 Å². The highest BCUT2D eigenvalue weighted by molar-refractivity contribution is 7.90. The first kappa shape index (κ1) is 31.8. The van der Waals surface area contributed by atoms with E-state index in [-0.39, 0.29) is 39.4 Å². The van der Waals surface area contributed by atoms with E-state index >= 15 is 0 Å². The number of anilines is 2. The predicted octanol–water partition coefficient (Wildman–Crippen LogP) is 6.76. The van der Waals surface area contributed by atoms with Gasteiger partial charge in [-0.1, -0.05) is 24.0 Å². The lowest BCUT2D eigenvalue weighted by Crippen LogP contribution is -2.36. The van der Waals surface area contributed by atoms with Crippen LogP contribution < -0.4 is 15.4 Å². The van der Waals surface area contributed by atoms with Crippen LogP contribution in [-0.2, 0) is 16.3 Å². The summed E-state index contributed by atoms with van der Waals surface area (Å²) in [6.07, 6.45) is -0.653. The predicted molar refractivity (Wildman–Crippen MR) is 156 cm³/mol. The van der Waals surface area contributed by atoms with Crippen molar-refractivity contribution in [2.45, 2.75) is 61.9 Å². The average molecular weight is 630 g/mol. The van der Waals surface area contributed by atoms with Crippen LogP contribution in [0.2, 0.25) is 0 Å². The van der Waals surface area contributed by atoms with Gasteiger partial charge >= 0.3 is 12.8 Å². The van der Waals surface area contributed by atoms with Crippen molar-refractivity contribution in [2.75, 3.05) is 37.5 Å². The Morgan fingerprint density at radius 3 is 2.43 bits per heavy atom. The molecule has 6 nitrogen and oxygen atoms in total. The van der Waals surface area contributed by atoms with Crippen LogP contribution in [0.3, 0.4) is 0 Å². The van der Waals surface area contributed by atoms with Crippen LogP contribution in [-0.4, -0.2) is 65.1 Å². The van der Waals surface area contributed by atoms with Crippen LogP contribution in [0.25, 0.3) is 10.1 Å². The number of nitrogens with one attached hydrogen (secondary N) is 2. The molecule has 3 aromatic rings. The number of alkyl halides is 5. The molecule has 0 atom stereocenters. The zero-order chi connectivity index (χ0) is 30.7. The second-order valence-electron chi connectivity index (χ2n) is 10.5. The van der Waals surface area contributed by atoms with Gasteiger partial charge in [-0.15, -0.1) is 11.3 Å². The molecule has 0 saturated heterocycles. The molecule has 1 aromatic heterocycles. The summed E-state index contributed by atoms with van der Waals surface area (Å²) in [6, 6.07) is 9.51. The molecule has 0 bridgehead atoms. The second-order valence-corrected chi connectivity index (χ2v) is 13.5. The molecule has 42 heavy (non-hydrogen) atoms. The molecular formula is C29H32F5N3O3S2. The summed E-state index contributed by atoms with van der Waals surface area (Å²) in [5.74, 6) is 5.22. The zero-order valence-electron chi connectivity index (χ0n) is 23.3. The molecule has 0 unspecified atom stereocenters. The number of rotatable bonds is 9. The highest BCUT2D eigenvalue weighted by Gasteiger charge is 2.31. The van der Waals surface area contributed by atoms with Crippen molar-refractivity contribution in [2.24, 2.45) is 0 Å². The van der Waals surface area contributed by atoms with E-state index in [2.05, 4.69) is 46.2 Å². The number of ether oxygens (including phenoxy) is 1. The molecule has 1 aliphatic rings. The SMILES string of the molecule is CN(C)C1CCC(Nc2cccc3c(CC(F)(F)F)c(C#CCNc4ccc(S(C)(=O)=O)cc4OC(F)F)sc23)CC1. The molecule has 0 spiro atoms. The highest BCUT2D eigenvalue weighted by Crippen LogP contribution is 2.40. The van der Waals surface area contributed by atoms with Crippen molar-refractivity contribution < 1.29 is 35.1 Å². The standard InChI is InChI=1S/C29H32F5N3O3S2/c1-37(2)19-11-9-18(10-12-19)36-24-7-4-6-21-22(17-29(32,33)34)26(41-27(21)24)8-5-15-35-23-14-13-20(42(3,38)39)16-25(23)40-28(30)31/h4,6-7,13-14,16,18-19,28,35-36H,9-12,15,17H2,1-3H3. The number of benzene rings is 2. The number of sulfone groups is 1. The largest absolute Gasteiger partial charge is 0.433 e. The van der Waals surface area contributed by atoms with Gasteiger partial charge in [0.1, 0.15) is 0 Å². The molecular weight excluding hydrogens is 597 g/mol. The maximum absolute atomic E-state index is 13.6. The van der Waals surface area contributed by atoms with Gasteiger partial charge in [0, 0.05) is 24.4 Å². The van der Waals surface area contributed by atoms with E-state index in [4.69, 9.17) is 0 Å². The molecule has 2 aromatic carbocycles. The molecule has 13 heteroatoms. The number of hydrogen-bond donors (Lipinski definition) is 2. The molecule has 1 aliphatic carbocycles. The van der Waals surface area contributed by atoms with Gasteiger partial charge in [0.2, 0.25) is 0 Å². The Kier molecular flexibility index (Phi) is 9.90. The number of thiophene rings is 1. The molecule has 228 valence electrons. The van der Waals surface area contributed by atoms with Crippen LogP contribution in [0.1, 0.15) is 36.1 Å². The fraction of sp³-hybridized carbons (Fsp3) is 0.448. The number of halogens is 5. The third kappa shape index (κ3) is 8.26. The minimum Gasteiger partial charge on any atom is -0.433 e. The van der Waals surface area contributed by atoms with E-state index in [0.717, 1.165) is 43.7 Å². The smallest absolute Gasteiger partial charge is 0.393 e. The van der Waals surface area contributed by atoms with Gasteiger partial charge in [-0.25, -0.2) is 8.42 Å². The second kappa shape index (κ2) is 13.1. The van der Waals surface area contributed by atoms with E-state index in [1.807, 2.05) is 6.07 Å². The first-order valence-corrected chi connectivity index (χ1v) is 16.0. The van der Waals surface area contributed by atoms with Crippen molar-refractivity contribution in [1.29, 1.82) is 0 Å². The molecule has 1 saturated carbocycles. The molecule has 1 fully saturated rings. The Bertz CT molecular complexity index is 1570. The van der Waals surface area contributed by atoms with Gasteiger partial charge in [0.25, 0.3) is 0 Å². The van der Waals surface area contributed by atoms with Gasteiger partial charge in [-0.05, 0) is 68.9 Å². The normalized spacial score (nSPS) is 17.8. The molecule has 1 heterocycles. The van der Waals surface area contributed by atoms with Gasteiger partial charge in [-0.3, -0.25) is 0 Å². The fourth-order valence-corrected chi connectivity index (χ4v) is 6.86. The Morgan fingerprint density at radius 2 is 1.81 bits per heavy atom. The molecule has 0 aliphatic heterocycles. The van der Waals surface area contributed by atoms with Crippen molar-refractivity contribution in [3.05, 3.63) is 46.8 Å². The summed E-state index contributed by atoms with van der Waals surface area (Å²) in [7, 11) is 0.462. The molecule has 4 rings (SSSR count). The quantitative estimate of drug-likeness (QED) is 0.201. The van der Waals surface area contributed by atoms with Gasteiger partial charge in [0.15, 0.2) is 15.6 Å². The third-order valence-corrected chi connectivity index (χ3v) is 9.46. The van der Waals surface area contributed by atoms with Crippen LogP contribution in [0.15, 0.2) is 41.3 Å². The topological polar surface area (TPSA) is 70.7 Å². The monoisotopic (exact) mass is 629 g/mol. The van der Waals surface area contributed by atoms with Crippen molar-refractivity contribution in [3.63, 3.8) is 0 Å². The maximum atomic E-state index is 13.6. The molecule has 0 amide bonds. The van der Waals surface area contributed by atoms with E-state index in [9.17, 15) is 30.4 Å². The van der Waals surface area contributed by atoms with Crippen molar-refractivity contribution in [3.8, 4) is 17.6 Å². The van der Waals surface area contributed by atoms with E-state index in [1.54, 1.807) is 12.1 Å². The van der Waals surface area contributed by atoms with E-state index < -0.39 is 29.0 Å². The van der Waals surface area contributed by atoms with Crippen molar-refractivity contribution in [1.82, 2.24) is 4.90 Å². The summed E-state index contributed by atoms with van der Waals surface area (Å²) >= 11 is 1.19. The lowest BCUT2D eigenvalue weighted by molar-refractivity contribution is -0.126. The third-order valence-electron chi connectivity index (χ3n) is 7.15. The minimum atomic E-state index is -4.44. The van der Waals surface area contributed by atoms with Gasteiger partial charge in [-0.2, -0.15) is 22.0 Å². The number of hydrogen-bond acceptors (Lipinski definition) is 7. The Balaban J connectivity index is 1.58.